The third-order valence-electron chi connectivity index (χ3n) is 7.92. The number of fused-ring (bicyclic) bond motifs is 4. The minimum Gasteiger partial charge on any atom is -0.468 e. The van der Waals surface area contributed by atoms with Gasteiger partial charge in [-0.15, -0.1) is 0 Å². The molecule has 2 amide bonds. The van der Waals surface area contributed by atoms with Gasteiger partial charge in [0, 0.05) is 12.6 Å². The van der Waals surface area contributed by atoms with Crippen LogP contribution in [-0.2, 0) is 19.1 Å². The number of hydrogen-bond donors (Lipinski definition) is 0. The summed E-state index contributed by atoms with van der Waals surface area (Å²) in [7, 11) is 1.36. The van der Waals surface area contributed by atoms with E-state index in [0.717, 1.165) is 34.6 Å². The summed E-state index contributed by atoms with van der Waals surface area (Å²) in [6.45, 7) is 2.96. The van der Waals surface area contributed by atoms with Crippen LogP contribution in [0.25, 0.3) is 11.1 Å². The van der Waals surface area contributed by atoms with E-state index in [1.165, 1.54) is 12.0 Å². The van der Waals surface area contributed by atoms with Crippen LogP contribution in [0.15, 0.2) is 42.5 Å². The first kappa shape index (κ1) is 21.2. The number of methoxy groups -OCH3 is 1. The van der Waals surface area contributed by atoms with Crippen molar-refractivity contribution in [2.75, 3.05) is 27.0 Å². The van der Waals surface area contributed by atoms with Crippen molar-refractivity contribution in [3.63, 3.8) is 0 Å². The summed E-state index contributed by atoms with van der Waals surface area (Å²) in [5, 5.41) is 0. The van der Waals surface area contributed by atoms with Crippen LogP contribution in [0, 0.1) is 11.8 Å². The predicted molar refractivity (Wildman–Crippen MR) is 121 cm³/mol. The van der Waals surface area contributed by atoms with E-state index in [0.29, 0.717) is 19.5 Å². The van der Waals surface area contributed by atoms with E-state index in [-0.39, 0.29) is 24.6 Å². The monoisotopic (exact) mass is 462 g/mol. The fraction of sp³-hybridized carbons (Fsp3) is 0.423. The van der Waals surface area contributed by atoms with E-state index >= 15 is 0 Å². The lowest BCUT2D eigenvalue weighted by atomic mass is 9.77. The number of rotatable bonds is 4. The van der Waals surface area contributed by atoms with Gasteiger partial charge in [0.15, 0.2) is 11.5 Å². The number of imide groups is 1. The Morgan fingerprint density at radius 3 is 2.53 bits per heavy atom. The lowest BCUT2D eigenvalue weighted by Crippen LogP contribution is -2.54. The topological polar surface area (TPSA) is 85.4 Å². The minimum absolute atomic E-state index is 0.194. The third kappa shape index (κ3) is 2.66. The summed E-state index contributed by atoms with van der Waals surface area (Å²) in [4.78, 5) is 43.3. The van der Waals surface area contributed by atoms with E-state index in [9.17, 15) is 14.4 Å². The van der Waals surface area contributed by atoms with Gasteiger partial charge < -0.3 is 14.2 Å². The summed E-state index contributed by atoms with van der Waals surface area (Å²) in [6, 6.07) is 13.5. The quantitative estimate of drug-likeness (QED) is 0.510. The minimum atomic E-state index is -1.09. The van der Waals surface area contributed by atoms with Gasteiger partial charge in [-0.25, -0.2) is 0 Å². The fourth-order valence-corrected chi connectivity index (χ4v) is 6.52. The number of amides is 2. The van der Waals surface area contributed by atoms with Crippen molar-refractivity contribution < 1.29 is 28.6 Å². The van der Waals surface area contributed by atoms with E-state index in [2.05, 4.69) is 4.90 Å². The zero-order chi connectivity index (χ0) is 23.6. The Morgan fingerprint density at radius 2 is 1.79 bits per heavy atom. The summed E-state index contributed by atoms with van der Waals surface area (Å²) in [6.07, 6.45) is 1.29. The lowest BCUT2D eigenvalue weighted by Gasteiger charge is -2.36. The molecule has 34 heavy (non-hydrogen) atoms. The number of hydrogen-bond acceptors (Lipinski definition) is 7. The van der Waals surface area contributed by atoms with Crippen molar-refractivity contribution in [1.82, 2.24) is 9.80 Å². The molecule has 3 unspecified atom stereocenters. The molecule has 2 aromatic carbocycles. The van der Waals surface area contributed by atoms with Crippen molar-refractivity contribution in [1.29, 1.82) is 0 Å². The van der Waals surface area contributed by atoms with Crippen LogP contribution in [0.2, 0.25) is 0 Å². The van der Waals surface area contributed by atoms with E-state index in [4.69, 9.17) is 14.2 Å². The maximum atomic E-state index is 13.4. The molecule has 0 radical (unpaired) electrons. The van der Waals surface area contributed by atoms with Gasteiger partial charge in [-0.05, 0) is 55.1 Å². The Kier molecular flexibility index (Phi) is 4.71. The molecule has 0 bridgehead atoms. The van der Waals surface area contributed by atoms with E-state index < -0.39 is 23.3 Å². The number of nitrogens with zero attached hydrogens (tertiary/aromatic N) is 2. The Morgan fingerprint density at radius 1 is 1.06 bits per heavy atom. The molecule has 4 heterocycles. The molecule has 8 heteroatoms. The van der Waals surface area contributed by atoms with Gasteiger partial charge in [0.05, 0.1) is 18.9 Å². The second-order valence-corrected chi connectivity index (χ2v) is 9.27. The van der Waals surface area contributed by atoms with E-state index in [1.807, 2.05) is 42.5 Å². The lowest BCUT2D eigenvalue weighted by molar-refractivity contribution is -0.159. The standard InChI is InChI=1S/C26H26N2O6/c1-3-27-23(29)20-21(24(27)30)26(25(31)32-2)11-4-12-28(26)22(20)16-7-5-15(6-8-16)17-9-10-18-19(13-17)34-14-33-18/h5-10,13,20-22H,3-4,11-12,14H2,1-2H3/t20?,21?,22?,26-/m0/s1. The number of likely N-dealkylation sites (tertiary alicyclic amines) is 1. The zero-order valence-electron chi connectivity index (χ0n) is 19.2. The number of benzene rings is 2. The third-order valence-corrected chi connectivity index (χ3v) is 7.92. The molecule has 0 aromatic heterocycles. The zero-order valence-corrected chi connectivity index (χ0v) is 19.2. The molecular weight excluding hydrogens is 436 g/mol. The largest absolute Gasteiger partial charge is 0.468 e. The highest BCUT2D eigenvalue weighted by atomic mass is 16.7. The summed E-state index contributed by atoms with van der Waals surface area (Å²) in [5.74, 6) is -0.727. The second-order valence-electron chi connectivity index (χ2n) is 9.27. The van der Waals surface area contributed by atoms with Crippen molar-refractivity contribution in [2.24, 2.45) is 11.8 Å². The normalized spacial score (nSPS) is 29.5. The molecule has 0 aliphatic carbocycles. The molecule has 3 fully saturated rings. The first-order valence-corrected chi connectivity index (χ1v) is 11.7. The predicted octanol–water partition coefficient (Wildman–Crippen LogP) is 2.77. The van der Waals surface area contributed by atoms with Gasteiger partial charge in [0.2, 0.25) is 18.6 Å². The van der Waals surface area contributed by atoms with Crippen LogP contribution in [0.3, 0.4) is 0 Å². The van der Waals surface area contributed by atoms with Crippen LogP contribution < -0.4 is 9.47 Å². The fourth-order valence-electron chi connectivity index (χ4n) is 6.52. The number of ether oxygens (including phenoxy) is 3. The Balaban J connectivity index is 1.41. The van der Waals surface area contributed by atoms with Crippen LogP contribution in [-0.4, -0.2) is 60.1 Å². The van der Waals surface area contributed by atoms with Gasteiger partial charge in [-0.1, -0.05) is 30.3 Å². The maximum Gasteiger partial charge on any atom is 0.327 e. The molecule has 4 aliphatic rings. The van der Waals surface area contributed by atoms with Crippen molar-refractivity contribution in [3.8, 4) is 22.6 Å². The van der Waals surface area contributed by atoms with Gasteiger partial charge in [0.25, 0.3) is 0 Å². The summed E-state index contributed by atoms with van der Waals surface area (Å²) in [5.41, 5.74) is 1.83. The molecule has 176 valence electrons. The maximum absolute atomic E-state index is 13.4. The number of carbonyl (C=O) groups is 3. The number of carbonyl (C=O) groups excluding carboxylic acids is 3. The van der Waals surface area contributed by atoms with Crippen LogP contribution >= 0.6 is 0 Å². The highest BCUT2D eigenvalue weighted by Gasteiger charge is 2.73. The molecule has 2 aromatic rings. The first-order chi connectivity index (χ1) is 16.5. The van der Waals surface area contributed by atoms with Crippen molar-refractivity contribution in [3.05, 3.63) is 48.0 Å². The van der Waals surface area contributed by atoms with Crippen molar-refractivity contribution in [2.45, 2.75) is 31.3 Å². The van der Waals surface area contributed by atoms with Crippen LogP contribution in [0.1, 0.15) is 31.4 Å². The van der Waals surface area contributed by atoms with Gasteiger partial charge >= 0.3 is 5.97 Å². The molecule has 0 spiro atoms. The summed E-state index contributed by atoms with van der Waals surface area (Å²) < 4.78 is 16.1. The smallest absolute Gasteiger partial charge is 0.327 e. The van der Waals surface area contributed by atoms with Crippen LogP contribution in [0.4, 0.5) is 0 Å². The van der Waals surface area contributed by atoms with Gasteiger partial charge in [0.1, 0.15) is 5.54 Å². The molecule has 3 saturated heterocycles. The molecular formula is C26H26N2O6. The average molecular weight is 463 g/mol. The Bertz CT molecular complexity index is 1190. The highest BCUT2D eigenvalue weighted by molar-refractivity contribution is 6.09. The van der Waals surface area contributed by atoms with Crippen molar-refractivity contribution >= 4 is 17.8 Å². The average Bonchev–Trinajstić information content (AvgIpc) is 3.60. The molecule has 4 atom stereocenters. The second kappa shape index (κ2) is 7.56. The summed E-state index contributed by atoms with van der Waals surface area (Å²) >= 11 is 0. The molecule has 4 aliphatic heterocycles. The van der Waals surface area contributed by atoms with Crippen LogP contribution in [0.5, 0.6) is 11.5 Å². The SMILES string of the molecule is CCN1C(=O)C2C(c3ccc(-c4ccc5c(c4)OCO5)cc3)N3CCC[C@@]3(C(=O)OC)C2C1=O. The Hall–Kier alpha value is -3.39. The molecule has 0 N–H and O–H groups in total. The first-order valence-electron chi connectivity index (χ1n) is 11.7. The molecule has 6 rings (SSSR count). The highest BCUT2D eigenvalue weighted by Crippen LogP contribution is 2.59. The number of esters is 1. The van der Waals surface area contributed by atoms with Gasteiger partial charge in [-0.2, -0.15) is 0 Å². The molecule has 0 saturated carbocycles. The van der Waals surface area contributed by atoms with Gasteiger partial charge in [-0.3, -0.25) is 24.2 Å². The Labute approximate surface area is 197 Å². The van der Waals surface area contributed by atoms with E-state index in [1.54, 1.807) is 6.92 Å². The molecule has 8 nitrogen and oxygen atoms in total.